The molecule has 0 saturated heterocycles. The van der Waals surface area contributed by atoms with Crippen molar-refractivity contribution in [2.24, 2.45) is 11.1 Å². The average Bonchev–Trinajstić information content (AvgIpc) is 3.17. The first-order chi connectivity index (χ1) is 8.99. The Bertz CT molecular complexity index is 488. The summed E-state index contributed by atoms with van der Waals surface area (Å²) < 4.78 is 0. The van der Waals surface area contributed by atoms with Crippen LogP contribution in [-0.2, 0) is 4.79 Å². The van der Waals surface area contributed by atoms with Gasteiger partial charge in [0.2, 0.25) is 5.91 Å². The lowest BCUT2D eigenvalue weighted by molar-refractivity contribution is -0.127. The number of benzene rings is 1. The highest BCUT2D eigenvalue weighted by Crippen LogP contribution is 2.41. The Morgan fingerprint density at radius 2 is 2.11 bits per heavy atom. The van der Waals surface area contributed by atoms with E-state index in [1.54, 1.807) is 0 Å². The first-order valence-corrected chi connectivity index (χ1v) is 7.05. The highest BCUT2D eigenvalue weighted by atomic mass is 32.1. The maximum Gasteiger partial charge on any atom is 0.232 e. The van der Waals surface area contributed by atoms with E-state index in [-0.39, 0.29) is 16.9 Å². The number of nitrogens with two attached hydrogens (primary N) is 1. The van der Waals surface area contributed by atoms with Crippen LogP contribution < -0.4 is 11.1 Å². The second kappa shape index (κ2) is 5.29. The zero-order chi connectivity index (χ0) is 14.0. The molecule has 4 heteroatoms. The second-order valence-corrected chi connectivity index (χ2v) is 5.82. The van der Waals surface area contributed by atoms with Gasteiger partial charge in [0.1, 0.15) is 0 Å². The molecular formula is C15H20N2OS. The maximum absolute atomic E-state index is 12.3. The van der Waals surface area contributed by atoms with Crippen LogP contribution >= 0.6 is 12.2 Å². The molecule has 3 nitrogen and oxygen atoms in total. The molecule has 0 radical (unpaired) electrons. The van der Waals surface area contributed by atoms with Crippen LogP contribution in [0.5, 0.6) is 0 Å². The van der Waals surface area contributed by atoms with E-state index in [0.29, 0.717) is 12.3 Å². The van der Waals surface area contributed by atoms with Crippen LogP contribution in [0.15, 0.2) is 30.3 Å². The number of hydrogen-bond donors (Lipinski definition) is 2. The lowest BCUT2D eigenvalue weighted by atomic mass is 9.86. The van der Waals surface area contributed by atoms with E-state index in [2.05, 4.69) is 17.4 Å². The number of rotatable bonds is 5. The molecule has 2 rings (SSSR count). The smallest absolute Gasteiger partial charge is 0.232 e. The van der Waals surface area contributed by atoms with Gasteiger partial charge < -0.3 is 11.1 Å². The Balaban J connectivity index is 1.97. The van der Waals surface area contributed by atoms with Crippen LogP contribution in [0.4, 0.5) is 0 Å². The van der Waals surface area contributed by atoms with E-state index in [4.69, 9.17) is 18.0 Å². The molecular weight excluding hydrogens is 256 g/mol. The summed E-state index contributed by atoms with van der Waals surface area (Å²) in [7, 11) is 0. The molecule has 0 heterocycles. The zero-order valence-corrected chi connectivity index (χ0v) is 12.2. The van der Waals surface area contributed by atoms with Crippen molar-refractivity contribution in [3.8, 4) is 0 Å². The second-order valence-electron chi connectivity index (χ2n) is 5.38. The molecule has 1 aliphatic rings. The third kappa shape index (κ3) is 2.78. The fraction of sp³-hybridized carbons (Fsp3) is 0.467. The molecule has 0 aromatic heterocycles. The SMILES string of the molecule is CCC(C)(C(=O)NC1CC1c1ccccc1)C(N)=S. The minimum Gasteiger partial charge on any atom is -0.392 e. The quantitative estimate of drug-likeness (QED) is 0.812. The molecule has 19 heavy (non-hydrogen) atoms. The van der Waals surface area contributed by atoms with E-state index in [1.807, 2.05) is 32.0 Å². The predicted octanol–water partition coefficient (Wildman–Crippen LogP) is 2.36. The number of carbonyl (C=O) groups is 1. The first-order valence-electron chi connectivity index (χ1n) is 6.65. The summed E-state index contributed by atoms with van der Waals surface area (Å²) in [6.45, 7) is 3.74. The molecule has 0 aliphatic heterocycles. The fourth-order valence-corrected chi connectivity index (χ4v) is 2.43. The van der Waals surface area contributed by atoms with Gasteiger partial charge in [0.25, 0.3) is 0 Å². The summed E-state index contributed by atoms with van der Waals surface area (Å²) in [5, 5.41) is 3.07. The molecule has 1 aromatic carbocycles. The Morgan fingerprint density at radius 1 is 1.47 bits per heavy atom. The van der Waals surface area contributed by atoms with Gasteiger partial charge in [-0.3, -0.25) is 4.79 Å². The van der Waals surface area contributed by atoms with Crippen LogP contribution in [0.3, 0.4) is 0 Å². The monoisotopic (exact) mass is 276 g/mol. The van der Waals surface area contributed by atoms with Crippen LogP contribution in [0.1, 0.15) is 38.2 Å². The van der Waals surface area contributed by atoms with Crippen LogP contribution in [0, 0.1) is 5.41 Å². The van der Waals surface area contributed by atoms with Crippen molar-refractivity contribution in [3.05, 3.63) is 35.9 Å². The summed E-state index contributed by atoms with van der Waals surface area (Å²) >= 11 is 5.02. The number of nitrogens with one attached hydrogen (secondary N) is 1. The first kappa shape index (κ1) is 14.0. The third-order valence-electron chi connectivity index (χ3n) is 4.09. The number of carbonyl (C=O) groups excluding carboxylic acids is 1. The normalized spacial score (nSPS) is 24.3. The number of amides is 1. The molecule has 102 valence electrons. The van der Waals surface area contributed by atoms with Gasteiger partial charge in [-0.1, -0.05) is 49.5 Å². The molecule has 3 atom stereocenters. The summed E-state index contributed by atoms with van der Waals surface area (Å²) in [6.07, 6.45) is 1.61. The van der Waals surface area contributed by atoms with E-state index >= 15 is 0 Å². The fourth-order valence-electron chi connectivity index (χ4n) is 2.20. The lowest BCUT2D eigenvalue weighted by Crippen LogP contribution is -2.47. The van der Waals surface area contributed by atoms with Gasteiger partial charge in [-0.15, -0.1) is 0 Å². The van der Waals surface area contributed by atoms with Crippen molar-refractivity contribution in [2.75, 3.05) is 0 Å². The van der Waals surface area contributed by atoms with Crippen molar-refractivity contribution >= 4 is 23.1 Å². The van der Waals surface area contributed by atoms with Crippen LogP contribution in [0.2, 0.25) is 0 Å². The van der Waals surface area contributed by atoms with Gasteiger partial charge in [0.15, 0.2) is 0 Å². The topological polar surface area (TPSA) is 55.1 Å². The van der Waals surface area contributed by atoms with E-state index in [1.165, 1.54) is 5.56 Å². The van der Waals surface area contributed by atoms with Crippen molar-refractivity contribution in [3.63, 3.8) is 0 Å². The van der Waals surface area contributed by atoms with Gasteiger partial charge in [0, 0.05) is 12.0 Å². The Kier molecular flexibility index (Phi) is 3.90. The zero-order valence-electron chi connectivity index (χ0n) is 11.3. The van der Waals surface area contributed by atoms with Gasteiger partial charge in [0.05, 0.1) is 10.4 Å². The molecule has 0 bridgehead atoms. The van der Waals surface area contributed by atoms with Crippen molar-refractivity contribution < 1.29 is 4.79 Å². The molecule has 3 unspecified atom stereocenters. The van der Waals surface area contributed by atoms with Crippen LogP contribution in [-0.4, -0.2) is 16.9 Å². The highest BCUT2D eigenvalue weighted by Gasteiger charge is 2.43. The third-order valence-corrected chi connectivity index (χ3v) is 4.54. The largest absolute Gasteiger partial charge is 0.392 e. The van der Waals surface area contributed by atoms with E-state index in [0.717, 1.165) is 6.42 Å². The summed E-state index contributed by atoms with van der Waals surface area (Å²) in [5.74, 6) is 0.378. The van der Waals surface area contributed by atoms with Gasteiger partial charge >= 0.3 is 0 Å². The molecule has 1 aliphatic carbocycles. The number of thiocarbonyl (C=S) groups is 1. The highest BCUT2D eigenvalue weighted by molar-refractivity contribution is 7.80. The van der Waals surface area contributed by atoms with E-state index in [9.17, 15) is 4.79 Å². The molecule has 0 spiro atoms. The van der Waals surface area contributed by atoms with Crippen molar-refractivity contribution in [2.45, 2.75) is 38.6 Å². The van der Waals surface area contributed by atoms with Crippen LogP contribution in [0.25, 0.3) is 0 Å². The van der Waals surface area contributed by atoms with E-state index < -0.39 is 5.41 Å². The molecule has 3 N–H and O–H groups in total. The minimum atomic E-state index is -0.737. The van der Waals surface area contributed by atoms with Crippen molar-refractivity contribution in [1.29, 1.82) is 0 Å². The molecule has 1 saturated carbocycles. The number of hydrogen-bond acceptors (Lipinski definition) is 2. The predicted molar refractivity (Wildman–Crippen MR) is 80.9 cm³/mol. The Labute approximate surface area is 119 Å². The molecule has 1 amide bonds. The lowest BCUT2D eigenvalue weighted by Gasteiger charge is -2.25. The van der Waals surface area contributed by atoms with Gasteiger partial charge in [-0.25, -0.2) is 0 Å². The average molecular weight is 276 g/mol. The molecule has 1 fully saturated rings. The molecule has 1 aromatic rings. The van der Waals surface area contributed by atoms with Crippen molar-refractivity contribution in [1.82, 2.24) is 5.32 Å². The summed E-state index contributed by atoms with van der Waals surface area (Å²) in [5.41, 5.74) is 6.24. The summed E-state index contributed by atoms with van der Waals surface area (Å²) in [6, 6.07) is 10.5. The standard InChI is InChI=1S/C15H20N2OS/c1-3-15(2,13(16)19)14(18)17-12-9-11(12)10-7-5-4-6-8-10/h4-8,11-12H,3,9H2,1-2H3,(H2,16,19)(H,17,18). The maximum atomic E-state index is 12.3. The minimum absolute atomic E-state index is 0.0501. The Hall–Kier alpha value is -1.42. The van der Waals surface area contributed by atoms with Gasteiger partial charge in [-0.2, -0.15) is 0 Å². The Morgan fingerprint density at radius 3 is 2.63 bits per heavy atom. The van der Waals surface area contributed by atoms with Gasteiger partial charge in [-0.05, 0) is 25.3 Å². The summed E-state index contributed by atoms with van der Waals surface area (Å²) in [4.78, 5) is 12.6.